The first-order valence-corrected chi connectivity index (χ1v) is 6.18. The molecule has 0 aliphatic carbocycles. The van der Waals surface area contributed by atoms with Gasteiger partial charge in [-0.1, -0.05) is 12.1 Å². The Morgan fingerprint density at radius 1 is 1.44 bits per heavy atom. The lowest BCUT2D eigenvalue weighted by Gasteiger charge is -2.23. The summed E-state index contributed by atoms with van der Waals surface area (Å²) in [6.07, 6.45) is 0. The molecule has 0 spiro atoms. The number of halogens is 1. The summed E-state index contributed by atoms with van der Waals surface area (Å²) < 4.78 is 18.9. The third-order valence-corrected chi connectivity index (χ3v) is 3.30. The molecule has 0 bridgehead atoms. The number of ether oxygens (including phenoxy) is 1. The van der Waals surface area contributed by atoms with Crippen molar-refractivity contribution in [3.63, 3.8) is 0 Å². The molecule has 1 aliphatic heterocycles. The molecule has 0 saturated carbocycles. The summed E-state index contributed by atoms with van der Waals surface area (Å²) in [5, 5.41) is 8.63. The van der Waals surface area contributed by atoms with Crippen molar-refractivity contribution >= 4 is 0 Å². The minimum absolute atomic E-state index is 0.0230. The summed E-state index contributed by atoms with van der Waals surface area (Å²) in [6, 6.07) is 5.21. The number of nitrogens with two attached hydrogens (primary N) is 1. The Hall–Kier alpha value is -1.01. The van der Waals surface area contributed by atoms with Crippen molar-refractivity contribution < 1.29 is 14.2 Å². The predicted octanol–water partition coefficient (Wildman–Crippen LogP) is 0.650. The van der Waals surface area contributed by atoms with Crippen LogP contribution >= 0.6 is 0 Å². The molecule has 0 radical (unpaired) electrons. The molecule has 0 amide bonds. The van der Waals surface area contributed by atoms with E-state index in [0.717, 1.165) is 11.1 Å². The molecular formula is C13H19FN2O2. The van der Waals surface area contributed by atoms with Gasteiger partial charge in [0.15, 0.2) is 0 Å². The van der Waals surface area contributed by atoms with Crippen LogP contribution in [0.15, 0.2) is 18.2 Å². The van der Waals surface area contributed by atoms with Crippen molar-refractivity contribution in [1.82, 2.24) is 4.90 Å². The molecule has 1 aliphatic rings. The van der Waals surface area contributed by atoms with E-state index in [-0.39, 0.29) is 18.5 Å². The highest BCUT2D eigenvalue weighted by molar-refractivity contribution is 5.35. The van der Waals surface area contributed by atoms with Gasteiger partial charge in [0.25, 0.3) is 0 Å². The van der Waals surface area contributed by atoms with Gasteiger partial charge in [-0.05, 0) is 11.6 Å². The first kappa shape index (κ1) is 13.4. The summed E-state index contributed by atoms with van der Waals surface area (Å²) in [7, 11) is 0. The highest BCUT2D eigenvalue weighted by atomic mass is 19.1. The van der Waals surface area contributed by atoms with Crippen LogP contribution in [0.5, 0.6) is 0 Å². The lowest BCUT2D eigenvalue weighted by molar-refractivity contribution is 0.0656. The fraction of sp³-hybridized carbons (Fsp3) is 0.538. The van der Waals surface area contributed by atoms with Crippen LogP contribution in [0.3, 0.4) is 0 Å². The maximum absolute atomic E-state index is 13.7. The summed E-state index contributed by atoms with van der Waals surface area (Å²) in [5.74, 6) is -0.162. The normalized spacial score (nSPS) is 19.2. The Kier molecular flexibility index (Phi) is 4.66. The largest absolute Gasteiger partial charge is 0.394 e. The number of benzene rings is 1. The minimum atomic E-state index is -0.162. The molecule has 4 nitrogen and oxygen atoms in total. The Morgan fingerprint density at radius 2 is 2.28 bits per heavy atom. The van der Waals surface area contributed by atoms with Crippen LogP contribution in [0, 0.1) is 5.82 Å². The van der Waals surface area contributed by atoms with Gasteiger partial charge in [-0.25, -0.2) is 4.39 Å². The zero-order valence-electron chi connectivity index (χ0n) is 10.3. The van der Waals surface area contributed by atoms with Crippen LogP contribution < -0.4 is 5.73 Å². The van der Waals surface area contributed by atoms with Gasteiger partial charge < -0.3 is 15.6 Å². The number of fused-ring (bicyclic) bond motifs is 1. The van der Waals surface area contributed by atoms with Crippen LogP contribution in [0.4, 0.5) is 4.39 Å². The quantitative estimate of drug-likeness (QED) is 0.732. The molecule has 3 N–H and O–H groups in total. The first-order chi connectivity index (χ1) is 8.77. The Bertz CT molecular complexity index is 401. The average Bonchev–Trinajstić information content (AvgIpc) is 2.74. The van der Waals surface area contributed by atoms with Crippen molar-refractivity contribution in [2.24, 2.45) is 5.73 Å². The molecule has 1 aromatic carbocycles. The second-order valence-electron chi connectivity index (χ2n) is 4.37. The molecular weight excluding hydrogens is 235 g/mol. The van der Waals surface area contributed by atoms with Gasteiger partial charge in [0.2, 0.25) is 0 Å². The average molecular weight is 254 g/mol. The molecule has 0 aromatic heterocycles. The summed E-state index contributed by atoms with van der Waals surface area (Å²) in [4.78, 5) is 2.12. The molecule has 1 atom stereocenters. The van der Waals surface area contributed by atoms with E-state index < -0.39 is 0 Å². The number of nitrogens with zero attached hydrogens (tertiary/aromatic N) is 1. The monoisotopic (exact) mass is 254 g/mol. The minimum Gasteiger partial charge on any atom is -0.394 e. The van der Waals surface area contributed by atoms with Crippen LogP contribution in [0.25, 0.3) is 0 Å². The summed E-state index contributed by atoms with van der Waals surface area (Å²) in [5.41, 5.74) is 7.51. The maximum Gasteiger partial charge on any atom is 0.128 e. The lowest BCUT2D eigenvalue weighted by atomic mass is 10.0. The van der Waals surface area contributed by atoms with E-state index >= 15 is 0 Å². The molecule has 100 valence electrons. The molecule has 0 fully saturated rings. The van der Waals surface area contributed by atoms with Crippen molar-refractivity contribution in [2.75, 3.05) is 32.9 Å². The third-order valence-electron chi connectivity index (χ3n) is 3.30. The topological polar surface area (TPSA) is 58.7 Å². The Morgan fingerprint density at radius 3 is 3.00 bits per heavy atom. The molecule has 1 aromatic rings. The lowest BCUT2D eigenvalue weighted by Crippen LogP contribution is -2.31. The van der Waals surface area contributed by atoms with E-state index in [0.29, 0.717) is 32.8 Å². The van der Waals surface area contributed by atoms with E-state index in [1.54, 1.807) is 6.07 Å². The van der Waals surface area contributed by atoms with Crippen molar-refractivity contribution in [3.05, 3.63) is 35.1 Å². The van der Waals surface area contributed by atoms with E-state index in [9.17, 15) is 4.39 Å². The molecule has 2 rings (SSSR count). The van der Waals surface area contributed by atoms with Crippen molar-refractivity contribution in [2.45, 2.75) is 12.6 Å². The van der Waals surface area contributed by atoms with Gasteiger partial charge in [-0.2, -0.15) is 0 Å². The van der Waals surface area contributed by atoms with E-state index in [4.69, 9.17) is 15.6 Å². The first-order valence-electron chi connectivity index (χ1n) is 6.18. The van der Waals surface area contributed by atoms with Gasteiger partial charge in [-0.3, -0.25) is 4.90 Å². The standard InChI is InChI=1S/C13H19FN2O2/c14-12-3-1-2-10-11(12)9-16(13(10)8-15)4-6-18-7-5-17/h1-3,13,17H,4-9,15H2. The summed E-state index contributed by atoms with van der Waals surface area (Å²) >= 11 is 0. The SMILES string of the molecule is NCC1c2cccc(F)c2CN1CCOCCO. The smallest absolute Gasteiger partial charge is 0.128 e. The third kappa shape index (κ3) is 2.70. The highest BCUT2D eigenvalue weighted by Gasteiger charge is 2.30. The highest BCUT2D eigenvalue weighted by Crippen LogP contribution is 2.33. The summed E-state index contributed by atoms with van der Waals surface area (Å²) in [6.45, 7) is 2.61. The number of aliphatic hydroxyl groups excluding tert-OH is 1. The molecule has 5 heteroatoms. The number of hydrogen-bond acceptors (Lipinski definition) is 4. The zero-order chi connectivity index (χ0) is 13.0. The van der Waals surface area contributed by atoms with E-state index in [2.05, 4.69) is 4.90 Å². The van der Waals surface area contributed by atoms with Crippen LogP contribution in [0.2, 0.25) is 0 Å². The van der Waals surface area contributed by atoms with Crippen LogP contribution in [-0.2, 0) is 11.3 Å². The molecule has 1 heterocycles. The van der Waals surface area contributed by atoms with Gasteiger partial charge in [0, 0.05) is 31.2 Å². The van der Waals surface area contributed by atoms with Crippen molar-refractivity contribution in [1.29, 1.82) is 0 Å². The molecule has 0 saturated heterocycles. The second-order valence-corrected chi connectivity index (χ2v) is 4.37. The Labute approximate surface area is 106 Å². The van der Waals surface area contributed by atoms with E-state index in [1.165, 1.54) is 6.07 Å². The zero-order valence-corrected chi connectivity index (χ0v) is 10.3. The van der Waals surface area contributed by atoms with Gasteiger partial charge in [0.05, 0.1) is 19.8 Å². The number of aliphatic hydroxyl groups is 1. The fourth-order valence-electron chi connectivity index (χ4n) is 2.42. The number of hydrogen-bond donors (Lipinski definition) is 2. The van der Waals surface area contributed by atoms with Crippen molar-refractivity contribution in [3.8, 4) is 0 Å². The maximum atomic E-state index is 13.7. The fourth-order valence-corrected chi connectivity index (χ4v) is 2.42. The van der Waals surface area contributed by atoms with E-state index in [1.807, 2.05) is 6.07 Å². The van der Waals surface area contributed by atoms with Gasteiger partial charge in [0.1, 0.15) is 5.82 Å². The number of rotatable bonds is 6. The second kappa shape index (κ2) is 6.24. The van der Waals surface area contributed by atoms with Crippen LogP contribution in [0.1, 0.15) is 17.2 Å². The Balaban J connectivity index is 2.01. The van der Waals surface area contributed by atoms with Crippen LogP contribution in [-0.4, -0.2) is 42.9 Å². The predicted molar refractivity (Wildman–Crippen MR) is 66.5 cm³/mol. The van der Waals surface area contributed by atoms with Gasteiger partial charge >= 0.3 is 0 Å². The van der Waals surface area contributed by atoms with Gasteiger partial charge in [-0.15, -0.1) is 0 Å². The molecule has 1 unspecified atom stereocenters. The molecule has 18 heavy (non-hydrogen) atoms.